The molecule has 1 aromatic carbocycles. The van der Waals surface area contributed by atoms with E-state index in [4.69, 9.17) is 4.74 Å². The van der Waals surface area contributed by atoms with Crippen molar-refractivity contribution in [2.24, 2.45) is 0 Å². The number of halogens is 1. The molecule has 1 saturated heterocycles. The molecular weight excluding hydrogens is 385 g/mol. The zero-order chi connectivity index (χ0) is 19.6. The minimum absolute atomic E-state index is 0.0728. The lowest BCUT2D eigenvalue weighted by Crippen LogP contribution is -2.49. The molecular formula is C15H20FN3O5S2. The van der Waals surface area contributed by atoms with Crippen molar-refractivity contribution in [1.29, 1.82) is 5.26 Å². The summed E-state index contributed by atoms with van der Waals surface area (Å²) in [4.78, 5) is -0.377. The van der Waals surface area contributed by atoms with Crippen LogP contribution in [-0.4, -0.2) is 52.7 Å². The van der Waals surface area contributed by atoms with Crippen molar-refractivity contribution in [3.05, 3.63) is 24.0 Å². The summed E-state index contributed by atoms with van der Waals surface area (Å²) in [5, 5.41) is 9.39. The summed E-state index contributed by atoms with van der Waals surface area (Å²) in [6, 6.07) is 4.84. The van der Waals surface area contributed by atoms with Crippen LogP contribution in [-0.2, 0) is 24.8 Å². The Hall–Kier alpha value is -1.74. The van der Waals surface area contributed by atoms with Crippen molar-refractivity contribution in [2.45, 2.75) is 30.2 Å². The summed E-state index contributed by atoms with van der Waals surface area (Å²) >= 11 is 0. The highest BCUT2D eigenvalue weighted by atomic mass is 32.2. The molecule has 1 N–H and O–H groups in total. The van der Waals surface area contributed by atoms with E-state index in [0.29, 0.717) is 6.42 Å². The fourth-order valence-electron chi connectivity index (χ4n) is 2.58. The second-order valence-corrected chi connectivity index (χ2v) is 9.79. The highest BCUT2D eigenvalue weighted by Gasteiger charge is 2.45. The van der Waals surface area contributed by atoms with Crippen molar-refractivity contribution in [2.75, 3.05) is 30.7 Å². The van der Waals surface area contributed by atoms with Crippen LogP contribution < -0.4 is 4.72 Å². The maximum atomic E-state index is 14.3. The SMILES string of the molecule is CCCS(=O)(=O)Nc1ccc(S(=O)(=O)N(C)C2(C#N)CCOC2)cc1F. The third-order valence-electron chi connectivity index (χ3n) is 4.15. The molecule has 11 heteroatoms. The van der Waals surface area contributed by atoms with Crippen molar-refractivity contribution in [3.63, 3.8) is 0 Å². The quantitative estimate of drug-likeness (QED) is 0.730. The van der Waals surface area contributed by atoms with Gasteiger partial charge in [0.2, 0.25) is 20.0 Å². The minimum atomic E-state index is -4.17. The Labute approximate surface area is 152 Å². The zero-order valence-electron chi connectivity index (χ0n) is 14.4. The van der Waals surface area contributed by atoms with Gasteiger partial charge in [0.25, 0.3) is 0 Å². The summed E-state index contributed by atoms with van der Waals surface area (Å²) in [7, 11) is -6.64. The second-order valence-electron chi connectivity index (χ2n) is 5.98. The number of benzene rings is 1. The van der Waals surface area contributed by atoms with E-state index in [1.165, 1.54) is 7.05 Å². The van der Waals surface area contributed by atoms with E-state index >= 15 is 0 Å². The van der Waals surface area contributed by atoms with E-state index in [1.54, 1.807) is 6.92 Å². The number of hydrogen-bond acceptors (Lipinski definition) is 6. The summed E-state index contributed by atoms with van der Waals surface area (Å²) in [5.74, 6) is -1.20. The van der Waals surface area contributed by atoms with Gasteiger partial charge < -0.3 is 4.74 Å². The molecule has 1 atom stereocenters. The molecule has 0 bridgehead atoms. The van der Waals surface area contributed by atoms with Gasteiger partial charge in [-0.05, 0) is 24.6 Å². The number of rotatable bonds is 7. The Balaban J connectivity index is 2.34. The number of sulfonamides is 2. The van der Waals surface area contributed by atoms with Gasteiger partial charge in [0, 0.05) is 20.1 Å². The van der Waals surface area contributed by atoms with Crippen molar-refractivity contribution in [3.8, 4) is 6.07 Å². The Kier molecular flexibility index (Phi) is 5.92. The van der Waals surface area contributed by atoms with E-state index in [0.717, 1.165) is 22.5 Å². The molecule has 8 nitrogen and oxygen atoms in total. The molecule has 1 fully saturated rings. The maximum absolute atomic E-state index is 14.3. The van der Waals surface area contributed by atoms with Gasteiger partial charge in [-0.15, -0.1) is 0 Å². The third kappa shape index (κ3) is 3.98. The number of anilines is 1. The predicted octanol–water partition coefficient (Wildman–Crippen LogP) is 1.28. The number of nitriles is 1. The van der Waals surface area contributed by atoms with Gasteiger partial charge in [0.05, 0.1) is 29.0 Å². The van der Waals surface area contributed by atoms with Crippen molar-refractivity contribution >= 4 is 25.7 Å². The van der Waals surface area contributed by atoms with E-state index in [-0.39, 0.29) is 36.0 Å². The standard InChI is InChI=1S/C15H20FN3O5S2/c1-3-8-25(20,21)18-14-5-4-12(9-13(14)16)26(22,23)19(2)15(10-17)6-7-24-11-15/h4-5,9,18H,3,6-8,11H2,1-2H3. The van der Waals surface area contributed by atoms with Gasteiger partial charge in [-0.2, -0.15) is 9.57 Å². The number of likely N-dealkylation sites (N-methyl/N-ethyl adjacent to an activating group) is 1. The summed E-state index contributed by atoms with van der Waals surface area (Å²) in [6.07, 6.45) is 0.559. The van der Waals surface area contributed by atoms with Crippen LogP contribution in [0.5, 0.6) is 0 Å². The predicted molar refractivity (Wildman–Crippen MR) is 92.8 cm³/mol. The molecule has 0 radical (unpaired) electrons. The van der Waals surface area contributed by atoms with Gasteiger partial charge in [0.15, 0.2) is 0 Å². The van der Waals surface area contributed by atoms with Crippen LogP contribution in [0.25, 0.3) is 0 Å². The molecule has 0 spiro atoms. The maximum Gasteiger partial charge on any atom is 0.244 e. The molecule has 26 heavy (non-hydrogen) atoms. The molecule has 144 valence electrons. The van der Waals surface area contributed by atoms with Crippen molar-refractivity contribution < 1.29 is 26.0 Å². The summed E-state index contributed by atoms with van der Waals surface area (Å²) < 4.78 is 71.4. The molecule has 0 saturated carbocycles. The molecule has 1 aliphatic rings. The molecule has 1 unspecified atom stereocenters. The lowest BCUT2D eigenvalue weighted by molar-refractivity contribution is 0.162. The third-order valence-corrected chi connectivity index (χ3v) is 7.55. The molecule has 0 aromatic heterocycles. The first-order valence-corrected chi connectivity index (χ1v) is 11.0. The van der Waals surface area contributed by atoms with Gasteiger partial charge in [-0.25, -0.2) is 21.2 Å². The Bertz CT molecular complexity index is 919. The average Bonchev–Trinajstić information content (AvgIpc) is 3.05. The highest BCUT2D eigenvalue weighted by molar-refractivity contribution is 7.92. The van der Waals surface area contributed by atoms with Crippen LogP contribution in [0.1, 0.15) is 19.8 Å². The molecule has 2 rings (SSSR count). The van der Waals surface area contributed by atoms with Crippen LogP contribution in [0.4, 0.5) is 10.1 Å². The molecule has 1 aromatic rings. The summed E-state index contributed by atoms with van der Waals surface area (Å²) in [5.41, 5.74) is -1.68. The van der Waals surface area contributed by atoms with Crippen molar-refractivity contribution in [1.82, 2.24) is 4.31 Å². The number of nitrogens with zero attached hydrogens (tertiary/aromatic N) is 2. The van der Waals surface area contributed by atoms with E-state index in [9.17, 15) is 26.5 Å². The van der Waals surface area contributed by atoms with Crippen LogP contribution in [0.15, 0.2) is 23.1 Å². The Morgan fingerprint density at radius 1 is 1.38 bits per heavy atom. The molecule has 0 amide bonds. The normalized spacial score (nSPS) is 20.9. The number of nitrogens with one attached hydrogen (secondary N) is 1. The Morgan fingerprint density at radius 2 is 2.08 bits per heavy atom. The minimum Gasteiger partial charge on any atom is -0.378 e. The first-order valence-electron chi connectivity index (χ1n) is 7.86. The molecule has 0 aliphatic carbocycles. The smallest absolute Gasteiger partial charge is 0.244 e. The topological polar surface area (TPSA) is 117 Å². The molecule has 1 aliphatic heterocycles. The first-order chi connectivity index (χ1) is 12.1. The fourth-order valence-corrected chi connectivity index (χ4v) is 5.17. The van der Waals surface area contributed by atoms with Gasteiger partial charge >= 0.3 is 0 Å². The first kappa shape index (κ1) is 20.6. The van der Waals surface area contributed by atoms with Crippen LogP contribution in [0.2, 0.25) is 0 Å². The molecule has 1 heterocycles. The van der Waals surface area contributed by atoms with Crippen LogP contribution >= 0.6 is 0 Å². The Morgan fingerprint density at radius 3 is 2.58 bits per heavy atom. The lowest BCUT2D eigenvalue weighted by atomic mass is 10.0. The summed E-state index contributed by atoms with van der Waals surface area (Å²) in [6.45, 7) is 1.84. The lowest BCUT2D eigenvalue weighted by Gasteiger charge is -2.30. The van der Waals surface area contributed by atoms with Gasteiger partial charge in [0.1, 0.15) is 11.4 Å². The largest absolute Gasteiger partial charge is 0.378 e. The van der Waals surface area contributed by atoms with E-state index in [2.05, 4.69) is 4.72 Å². The number of ether oxygens (including phenoxy) is 1. The van der Waals surface area contributed by atoms with E-state index < -0.39 is 31.4 Å². The van der Waals surface area contributed by atoms with E-state index in [1.807, 2.05) is 6.07 Å². The highest BCUT2D eigenvalue weighted by Crippen LogP contribution is 2.31. The second kappa shape index (κ2) is 7.48. The fraction of sp³-hybridized carbons (Fsp3) is 0.533. The van der Waals surface area contributed by atoms with Gasteiger partial charge in [-0.1, -0.05) is 6.92 Å². The van der Waals surface area contributed by atoms with Crippen LogP contribution in [0.3, 0.4) is 0 Å². The van der Waals surface area contributed by atoms with Gasteiger partial charge in [-0.3, -0.25) is 4.72 Å². The van der Waals surface area contributed by atoms with Crippen LogP contribution in [0, 0.1) is 17.1 Å². The monoisotopic (exact) mass is 405 g/mol. The number of hydrogen-bond donors (Lipinski definition) is 1. The zero-order valence-corrected chi connectivity index (χ0v) is 16.0. The average molecular weight is 405 g/mol.